The van der Waals surface area contributed by atoms with Gasteiger partial charge < -0.3 is 14.4 Å². The third-order valence-electron chi connectivity index (χ3n) is 4.43. The predicted molar refractivity (Wildman–Crippen MR) is 93.3 cm³/mol. The van der Waals surface area contributed by atoms with Crippen molar-refractivity contribution in [2.75, 3.05) is 20.3 Å². The molecule has 0 spiro atoms. The maximum atomic E-state index is 12.6. The molecule has 0 aromatic heterocycles. The Bertz CT molecular complexity index is 780. The quantitative estimate of drug-likeness (QED) is 0.840. The maximum Gasteiger partial charge on any atom is 0.261 e. The van der Waals surface area contributed by atoms with E-state index in [-0.39, 0.29) is 18.6 Å². The molecule has 1 heterocycles. The van der Waals surface area contributed by atoms with Gasteiger partial charge in [0.1, 0.15) is 17.6 Å². The molecule has 0 aliphatic carbocycles. The number of likely N-dealkylation sites (tertiary alicyclic amines) is 1. The van der Waals surface area contributed by atoms with Gasteiger partial charge in [0.15, 0.2) is 6.61 Å². The first kappa shape index (κ1) is 16.8. The van der Waals surface area contributed by atoms with Gasteiger partial charge in [-0.15, -0.1) is 0 Å². The molecule has 1 saturated heterocycles. The first-order chi connectivity index (χ1) is 12.2. The van der Waals surface area contributed by atoms with Crippen molar-refractivity contribution in [1.29, 1.82) is 5.26 Å². The summed E-state index contributed by atoms with van der Waals surface area (Å²) in [5.74, 6) is 1.18. The minimum atomic E-state index is -0.0641. The van der Waals surface area contributed by atoms with Crippen LogP contribution in [0, 0.1) is 11.3 Å². The van der Waals surface area contributed by atoms with E-state index in [0.717, 1.165) is 30.7 Å². The van der Waals surface area contributed by atoms with Gasteiger partial charge in [-0.05, 0) is 42.7 Å². The molecule has 5 nitrogen and oxygen atoms in total. The summed E-state index contributed by atoms with van der Waals surface area (Å²) in [7, 11) is 1.64. The van der Waals surface area contributed by atoms with E-state index in [2.05, 4.69) is 6.07 Å². The molecule has 0 saturated carbocycles. The molecule has 1 amide bonds. The van der Waals surface area contributed by atoms with E-state index in [1.54, 1.807) is 31.4 Å². The maximum absolute atomic E-state index is 12.6. The summed E-state index contributed by atoms with van der Waals surface area (Å²) in [6, 6.07) is 16.9. The lowest BCUT2D eigenvalue weighted by Gasteiger charge is -2.25. The van der Waals surface area contributed by atoms with Crippen molar-refractivity contribution in [3.05, 3.63) is 59.7 Å². The molecule has 2 aromatic rings. The molecule has 1 unspecified atom stereocenters. The fourth-order valence-corrected chi connectivity index (χ4v) is 3.15. The third-order valence-corrected chi connectivity index (χ3v) is 4.43. The zero-order valence-corrected chi connectivity index (χ0v) is 14.1. The molecular weight excluding hydrogens is 316 g/mol. The second-order valence-electron chi connectivity index (χ2n) is 5.91. The first-order valence-electron chi connectivity index (χ1n) is 8.28. The van der Waals surface area contributed by atoms with Crippen LogP contribution in [-0.2, 0) is 4.79 Å². The van der Waals surface area contributed by atoms with Crippen LogP contribution >= 0.6 is 0 Å². The van der Waals surface area contributed by atoms with Crippen LogP contribution in [0.1, 0.15) is 30.0 Å². The van der Waals surface area contributed by atoms with E-state index in [1.807, 2.05) is 29.2 Å². The second-order valence-corrected chi connectivity index (χ2v) is 5.91. The van der Waals surface area contributed by atoms with Crippen LogP contribution in [0.15, 0.2) is 48.5 Å². The van der Waals surface area contributed by atoms with Gasteiger partial charge >= 0.3 is 0 Å². The number of hydrogen-bond acceptors (Lipinski definition) is 4. The highest BCUT2D eigenvalue weighted by Gasteiger charge is 2.30. The van der Waals surface area contributed by atoms with E-state index >= 15 is 0 Å². The monoisotopic (exact) mass is 336 g/mol. The van der Waals surface area contributed by atoms with Gasteiger partial charge in [0.25, 0.3) is 5.91 Å². The molecule has 1 aliphatic heterocycles. The van der Waals surface area contributed by atoms with Gasteiger partial charge in [-0.2, -0.15) is 5.26 Å². The van der Waals surface area contributed by atoms with Crippen molar-refractivity contribution in [1.82, 2.24) is 4.90 Å². The van der Waals surface area contributed by atoms with Gasteiger partial charge in [0, 0.05) is 6.54 Å². The summed E-state index contributed by atoms with van der Waals surface area (Å²) in [4.78, 5) is 14.5. The van der Waals surface area contributed by atoms with Crippen LogP contribution in [0.5, 0.6) is 11.5 Å². The number of carbonyl (C=O) groups is 1. The van der Waals surface area contributed by atoms with Crippen LogP contribution in [0.4, 0.5) is 0 Å². The van der Waals surface area contributed by atoms with Crippen molar-refractivity contribution in [3.8, 4) is 17.6 Å². The Labute approximate surface area is 147 Å². The summed E-state index contributed by atoms with van der Waals surface area (Å²) >= 11 is 0. The zero-order valence-electron chi connectivity index (χ0n) is 14.1. The normalized spacial score (nSPS) is 16.3. The Kier molecular flexibility index (Phi) is 5.20. The molecule has 25 heavy (non-hydrogen) atoms. The number of methoxy groups -OCH3 is 1. The Morgan fingerprint density at radius 2 is 2.00 bits per heavy atom. The second kappa shape index (κ2) is 7.71. The summed E-state index contributed by atoms with van der Waals surface area (Å²) in [5, 5.41) is 9.09. The molecule has 3 rings (SSSR count). The number of carbonyl (C=O) groups excluding carboxylic acids is 1. The van der Waals surface area contributed by atoms with Crippen molar-refractivity contribution >= 4 is 5.91 Å². The van der Waals surface area contributed by atoms with E-state index in [9.17, 15) is 4.79 Å². The largest absolute Gasteiger partial charge is 0.497 e. The van der Waals surface area contributed by atoms with E-state index in [4.69, 9.17) is 14.7 Å². The van der Waals surface area contributed by atoms with Crippen molar-refractivity contribution in [2.45, 2.75) is 18.9 Å². The standard InChI is InChI=1S/C20H20N2O3/c1-24-17-10-8-15(9-11-17)18-6-4-12-22(18)20(23)14-25-19-7-3-2-5-16(19)13-21/h2-3,5,7-11,18H,4,6,12,14H2,1H3. The number of rotatable bonds is 5. The van der Waals surface area contributed by atoms with E-state index < -0.39 is 0 Å². The van der Waals surface area contributed by atoms with Crippen molar-refractivity contribution in [3.63, 3.8) is 0 Å². The van der Waals surface area contributed by atoms with Crippen molar-refractivity contribution < 1.29 is 14.3 Å². The molecule has 0 bridgehead atoms. The summed E-state index contributed by atoms with van der Waals surface area (Å²) in [6.07, 6.45) is 1.91. The fraction of sp³-hybridized carbons (Fsp3) is 0.300. The smallest absolute Gasteiger partial charge is 0.261 e. The van der Waals surface area contributed by atoms with Gasteiger partial charge in [-0.25, -0.2) is 0 Å². The Hall–Kier alpha value is -3.00. The molecule has 0 N–H and O–H groups in total. The summed E-state index contributed by atoms with van der Waals surface area (Å²) < 4.78 is 10.8. The van der Waals surface area contributed by atoms with E-state index in [0.29, 0.717) is 11.3 Å². The Morgan fingerprint density at radius 1 is 1.24 bits per heavy atom. The number of nitriles is 1. The molecule has 2 aromatic carbocycles. The van der Waals surface area contributed by atoms with Crippen LogP contribution < -0.4 is 9.47 Å². The first-order valence-corrected chi connectivity index (χ1v) is 8.28. The topological polar surface area (TPSA) is 62.6 Å². The highest BCUT2D eigenvalue weighted by Crippen LogP contribution is 2.32. The van der Waals surface area contributed by atoms with Crippen LogP contribution in [0.3, 0.4) is 0 Å². The number of para-hydroxylation sites is 1. The molecule has 1 atom stereocenters. The lowest BCUT2D eigenvalue weighted by atomic mass is 10.0. The minimum absolute atomic E-state index is 0.0632. The third kappa shape index (κ3) is 3.74. The average Bonchev–Trinajstić information content (AvgIpc) is 3.16. The molecular formula is C20H20N2O3. The minimum Gasteiger partial charge on any atom is -0.497 e. The number of hydrogen-bond donors (Lipinski definition) is 0. The number of ether oxygens (including phenoxy) is 2. The Balaban J connectivity index is 1.67. The van der Waals surface area contributed by atoms with Gasteiger partial charge in [0.05, 0.1) is 18.7 Å². The van der Waals surface area contributed by atoms with Gasteiger partial charge in [-0.1, -0.05) is 24.3 Å². The van der Waals surface area contributed by atoms with Gasteiger partial charge in [-0.3, -0.25) is 4.79 Å². The molecule has 0 radical (unpaired) electrons. The molecule has 1 aliphatic rings. The summed E-state index contributed by atoms with van der Waals surface area (Å²) in [5.41, 5.74) is 1.53. The summed E-state index contributed by atoms with van der Waals surface area (Å²) in [6.45, 7) is 0.657. The van der Waals surface area contributed by atoms with E-state index in [1.165, 1.54) is 0 Å². The lowest BCUT2D eigenvalue weighted by Crippen LogP contribution is -2.34. The number of nitrogens with zero attached hydrogens (tertiary/aromatic N) is 2. The number of amides is 1. The highest BCUT2D eigenvalue weighted by molar-refractivity contribution is 5.78. The number of benzene rings is 2. The van der Waals surface area contributed by atoms with Crippen LogP contribution in [0.2, 0.25) is 0 Å². The fourth-order valence-electron chi connectivity index (χ4n) is 3.15. The van der Waals surface area contributed by atoms with Crippen LogP contribution in [-0.4, -0.2) is 31.1 Å². The zero-order chi connectivity index (χ0) is 17.6. The lowest BCUT2D eigenvalue weighted by molar-refractivity contribution is -0.134. The Morgan fingerprint density at radius 3 is 2.72 bits per heavy atom. The molecule has 5 heteroatoms. The molecule has 1 fully saturated rings. The molecule has 128 valence electrons. The van der Waals surface area contributed by atoms with Gasteiger partial charge in [0.2, 0.25) is 0 Å². The van der Waals surface area contributed by atoms with Crippen LogP contribution in [0.25, 0.3) is 0 Å². The average molecular weight is 336 g/mol. The SMILES string of the molecule is COc1ccc(C2CCCN2C(=O)COc2ccccc2C#N)cc1. The van der Waals surface area contributed by atoms with Crippen molar-refractivity contribution in [2.24, 2.45) is 0 Å². The predicted octanol–water partition coefficient (Wildman–Crippen LogP) is 3.31. The highest BCUT2D eigenvalue weighted by atomic mass is 16.5.